The molecule has 6 N–H and O–H groups in total. The fourth-order valence-electron chi connectivity index (χ4n) is 1.13. The molecule has 2 unspecified atom stereocenters. The number of aliphatic hydroxyl groups is 2. The highest BCUT2D eigenvalue weighted by Gasteiger charge is 2.25. The quantitative estimate of drug-likeness (QED) is 0.539. The molecule has 0 bridgehead atoms. The van der Waals surface area contributed by atoms with Crippen molar-refractivity contribution in [1.29, 1.82) is 0 Å². The second-order valence-electron chi connectivity index (χ2n) is 3.07. The molecule has 0 radical (unpaired) electrons. The Morgan fingerprint density at radius 2 is 2.00 bits per heavy atom. The van der Waals surface area contributed by atoms with Crippen molar-refractivity contribution in [3.05, 3.63) is 28.8 Å². The van der Waals surface area contributed by atoms with E-state index >= 15 is 0 Å². The molecule has 1 rings (SSSR count). The third kappa shape index (κ3) is 2.59. The number of nitrogen functional groups attached to an aromatic ring is 1. The van der Waals surface area contributed by atoms with E-state index in [1.165, 1.54) is 18.2 Å². The molecule has 0 heterocycles. The van der Waals surface area contributed by atoms with Gasteiger partial charge in [0.05, 0.1) is 0 Å². The van der Waals surface area contributed by atoms with E-state index in [0.717, 1.165) is 0 Å². The number of carbonyl (C=O) groups is 1. The Hall–Kier alpha value is -1.30. The van der Waals surface area contributed by atoms with Gasteiger partial charge in [-0.05, 0) is 18.2 Å². The van der Waals surface area contributed by atoms with Crippen molar-refractivity contribution in [3.63, 3.8) is 0 Å². The van der Waals surface area contributed by atoms with Crippen LogP contribution in [0.25, 0.3) is 0 Å². The first-order valence-electron chi connectivity index (χ1n) is 4.14. The molecule has 0 aliphatic heterocycles. The number of nitrogens with two attached hydrogens (primary N) is 2. The average Bonchev–Trinajstić information content (AvgIpc) is 2.19. The Kier molecular flexibility index (Phi) is 3.52. The van der Waals surface area contributed by atoms with Crippen molar-refractivity contribution in [2.24, 2.45) is 5.73 Å². The standard InChI is InChI=1S/C9H11ClN2O3/c10-4-1-2-6(11)5(3-4)7(13)8(14)9(12)15/h1-3,7-8,13-14H,11H2,(H2,12,15). The summed E-state index contributed by atoms with van der Waals surface area (Å²) in [5.74, 6) is -1.03. The van der Waals surface area contributed by atoms with Gasteiger partial charge in [-0.15, -0.1) is 0 Å². The van der Waals surface area contributed by atoms with Gasteiger partial charge < -0.3 is 21.7 Å². The molecule has 0 aliphatic rings. The maximum atomic E-state index is 10.6. The lowest BCUT2D eigenvalue weighted by atomic mass is 10.0. The molecule has 0 spiro atoms. The molecule has 0 fully saturated rings. The first kappa shape index (κ1) is 11.8. The molecular weight excluding hydrogens is 220 g/mol. The van der Waals surface area contributed by atoms with Crippen LogP contribution in [0.15, 0.2) is 18.2 Å². The second kappa shape index (κ2) is 4.48. The van der Waals surface area contributed by atoms with E-state index in [4.69, 9.17) is 23.1 Å². The fourth-order valence-corrected chi connectivity index (χ4v) is 1.31. The van der Waals surface area contributed by atoms with Crippen LogP contribution >= 0.6 is 11.6 Å². The lowest BCUT2D eigenvalue weighted by Crippen LogP contribution is -2.34. The topological polar surface area (TPSA) is 110 Å². The van der Waals surface area contributed by atoms with Crippen LogP contribution in [-0.4, -0.2) is 22.2 Å². The van der Waals surface area contributed by atoms with Gasteiger partial charge in [0, 0.05) is 16.3 Å². The molecule has 1 amide bonds. The number of aliphatic hydroxyl groups excluding tert-OH is 2. The summed E-state index contributed by atoms with van der Waals surface area (Å²) in [6, 6.07) is 4.37. The van der Waals surface area contributed by atoms with Crippen LogP contribution in [0.3, 0.4) is 0 Å². The second-order valence-corrected chi connectivity index (χ2v) is 3.50. The zero-order chi connectivity index (χ0) is 11.6. The molecule has 0 aliphatic carbocycles. The predicted octanol–water partition coefficient (Wildman–Crippen LogP) is -0.198. The molecule has 2 atom stereocenters. The van der Waals surface area contributed by atoms with E-state index in [2.05, 4.69) is 0 Å². The number of amides is 1. The minimum atomic E-state index is -1.70. The van der Waals surface area contributed by atoms with Gasteiger partial charge in [0.2, 0.25) is 5.91 Å². The smallest absolute Gasteiger partial charge is 0.249 e. The summed E-state index contributed by atoms with van der Waals surface area (Å²) in [4.78, 5) is 10.6. The normalized spacial score (nSPS) is 14.6. The number of anilines is 1. The summed E-state index contributed by atoms with van der Waals surface area (Å²) in [6.45, 7) is 0. The van der Waals surface area contributed by atoms with Crippen LogP contribution in [0.1, 0.15) is 11.7 Å². The van der Waals surface area contributed by atoms with Gasteiger partial charge in [-0.2, -0.15) is 0 Å². The number of hydrogen-bond donors (Lipinski definition) is 4. The Morgan fingerprint density at radius 3 is 2.53 bits per heavy atom. The van der Waals surface area contributed by atoms with Gasteiger partial charge in [-0.25, -0.2) is 0 Å². The highest BCUT2D eigenvalue weighted by molar-refractivity contribution is 6.30. The SMILES string of the molecule is NC(=O)C(O)C(O)c1cc(Cl)ccc1N. The van der Waals surface area contributed by atoms with Crippen molar-refractivity contribution < 1.29 is 15.0 Å². The van der Waals surface area contributed by atoms with Crippen LogP contribution in [0.2, 0.25) is 5.02 Å². The number of primary amides is 1. The van der Waals surface area contributed by atoms with E-state index in [9.17, 15) is 15.0 Å². The van der Waals surface area contributed by atoms with Crippen molar-refractivity contribution in [2.45, 2.75) is 12.2 Å². The van der Waals surface area contributed by atoms with Crippen LogP contribution in [0, 0.1) is 0 Å². The molecule has 5 nitrogen and oxygen atoms in total. The number of hydrogen-bond acceptors (Lipinski definition) is 4. The zero-order valence-corrected chi connectivity index (χ0v) is 8.48. The maximum absolute atomic E-state index is 10.6. The first-order valence-corrected chi connectivity index (χ1v) is 4.51. The summed E-state index contributed by atoms with van der Waals surface area (Å²) in [7, 11) is 0. The summed E-state index contributed by atoms with van der Waals surface area (Å²) in [5.41, 5.74) is 10.8. The number of rotatable bonds is 3. The molecule has 6 heteroatoms. The molecule has 1 aromatic carbocycles. The Balaban J connectivity index is 3.04. The van der Waals surface area contributed by atoms with Crippen molar-refractivity contribution >= 4 is 23.2 Å². The van der Waals surface area contributed by atoms with Crippen molar-refractivity contribution in [1.82, 2.24) is 0 Å². The molecule has 0 aromatic heterocycles. The summed E-state index contributed by atoms with van der Waals surface area (Å²) in [6.07, 6.45) is -3.17. The van der Waals surface area contributed by atoms with Gasteiger partial charge >= 0.3 is 0 Å². The van der Waals surface area contributed by atoms with Crippen molar-refractivity contribution in [3.8, 4) is 0 Å². The van der Waals surface area contributed by atoms with E-state index in [-0.39, 0.29) is 11.3 Å². The third-order valence-electron chi connectivity index (χ3n) is 1.96. The summed E-state index contributed by atoms with van der Waals surface area (Å²) >= 11 is 5.68. The Labute approximate surface area is 91.3 Å². The molecule has 82 valence electrons. The minimum absolute atomic E-state index is 0.175. The Morgan fingerprint density at radius 1 is 1.40 bits per heavy atom. The summed E-state index contributed by atoms with van der Waals surface area (Å²) < 4.78 is 0. The van der Waals surface area contributed by atoms with E-state index < -0.39 is 18.1 Å². The molecule has 0 saturated carbocycles. The first-order chi connectivity index (χ1) is 6.93. The number of benzene rings is 1. The lowest BCUT2D eigenvalue weighted by Gasteiger charge is -2.17. The lowest BCUT2D eigenvalue weighted by molar-refractivity contribution is -0.131. The predicted molar refractivity (Wildman–Crippen MR) is 56.0 cm³/mol. The van der Waals surface area contributed by atoms with E-state index in [0.29, 0.717) is 5.02 Å². The van der Waals surface area contributed by atoms with Gasteiger partial charge in [0.15, 0.2) is 6.10 Å². The highest BCUT2D eigenvalue weighted by Crippen LogP contribution is 2.26. The van der Waals surface area contributed by atoms with Gasteiger partial charge in [0.1, 0.15) is 6.10 Å². The van der Waals surface area contributed by atoms with E-state index in [1.54, 1.807) is 0 Å². The minimum Gasteiger partial charge on any atom is -0.398 e. The van der Waals surface area contributed by atoms with Crippen LogP contribution < -0.4 is 11.5 Å². The van der Waals surface area contributed by atoms with Crippen LogP contribution in [-0.2, 0) is 4.79 Å². The fraction of sp³-hybridized carbons (Fsp3) is 0.222. The van der Waals surface area contributed by atoms with Crippen molar-refractivity contribution in [2.75, 3.05) is 5.73 Å². The molecular formula is C9H11ClN2O3. The largest absolute Gasteiger partial charge is 0.398 e. The van der Waals surface area contributed by atoms with Gasteiger partial charge in [-0.1, -0.05) is 11.6 Å². The molecule has 15 heavy (non-hydrogen) atoms. The summed E-state index contributed by atoms with van der Waals surface area (Å²) in [5, 5.41) is 19.2. The number of carbonyl (C=O) groups excluding carboxylic acids is 1. The molecule has 1 aromatic rings. The zero-order valence-electron chi connectivity index (χ0n) is 7.72. The molecule has 0 saturated heterocycles. The van der Waals surface area contributed by atoms with Gasteiger partial charge in [-0.3, -0.25) is 4.79 Å². The van der Waals surface area contributed by atoms with E-state index in [1.807, 2.05) is 0 Å². The Bertz CT molecular complexity index is 384. The average molecular weight is 231 g/mol. The van der Waals surface area contributed by atoms with Crippen LogP contribution in [0.4, 0.5) is 5.69 Å². The maximum Gasteiger partial charge on any atom is 0.249 e. The van der Waals surface area contributed by atoms with Crippen LogP contribution in [0.5, 0.6) is 0 Å². The number of halogens is 1. The third-order valence-corrected chi connectivity index (χ3v) is 2.19. The van der Waals surface area contributed by atoms with Gasteiger partial charge in [0.25, 0.3) is 0 Å². The highest BCUT2D eigenvalue weighted by atomic mass is 35.5. The monoisotopic (exact) mass is 230 g/mol.